The predicted molar refractivity (Wildman–Crippen MR) is 93.2 cm³/mol. The van der Waals surface area contributed by atoms with Crippen molar-refractivity contribution >= 4 is 28.1 Å². The largest absolute Gasteiger partial charge is 0.364 e. The fraction of sp³-hybridized carbons (Fsp3) is 0.250. The average Bonchev–Trinajstić information content (AvgIpc) is 3.19. The van der Waals surface area contributed by atoms with Crippen molar-refractivity contribution < 1.29 is 9.32 Å². The van der Waals surface area contributed by atoms with E-state index in [0.717, 1.165) is 16.8 Å². The first-order valence-corrected chi connectivity index (χ1v) is 8.20. The summed E-state index contributed by atoms with van der Waals surface area (Å²) in [6.07, 6.45) is 1.48. The van der Waals surface area contributed by atoms with Crippen molar-refractivity contribution in [2.24, 2.45) is 0 Å². The van der Waals surface area contributed by atoms with E-state index in [9.17, 15) is 4.79 Å². The van der Waals surface area contributed by atoms with Crippen LogP contribution in [-0.4, -0.2) is 27.8 Å². The standard InChI is InChI=1S/C16H17N5O2S/c1-9-6-10(2)14(11(3)7-9)18-13(22)8-17-16-20-19-15(24-16)12-4-5-23-21-12/h4-7H,8H2,1-3H3,(H,17,20)(H,18,22). The molecule has 0 aliphatic heterocycles. The number of rotatable bonds is 5. The van der Waals surface area contributed by atoms with Crippen LogP contribution in [0.2, 0.25) is 0 Å². The Balaban J connectivity index is 1.60. The Bertz CT molecular complexity index is 834. The number of aryl methyl sites for hydroxylation is 3. The van der Waals surface area contributed by atoms with Gasteiger partial charge in [-0.3, -0.25) is 4.79 Å². The topological polar surface area (TPSA) is 92.9 Å². The molecule has 0 unspecified atom stereocenters. The van der Waals surface area contributed by atoms with Gasteiger partial charge in [0.2, 0.25) is 11.0 Å². The molecule has 3 aromatic rings. The minimum atomic E-state index is -0.136. The number of aromatic nitrogens is 3. The van der Waals surface area contributed by atoms with E-state index in [0.29, 0.717) is 15.8 Å². The predicted octanol–water partition coefficient (Wildman–Crippen LogP) is 3.17. The molecule has 0 atom stereocenters. The molecular formula is C16H17N5O2S. The molecule has 2 N–H and O–H groups in total. The number of anilines is 2. The van der Waals surface area contributed by atoms with Gasteiger partial charge in [-0.25, -0.2) is 0 Å². The van der Waals surface area contributed by atoms with Gasteiger partial charge in [-0.2, -0.15) is 0 Å². The maximum Gasteiger partial charge on any atom is 0.243 e. The van der Waals surface area contributed by atoms with Crippen molar-refractivity contribution in [3.8, 4) is 10.7 Å². The van der Waals surface area contributed by atoms with Crippen LogP contribution in [0.4, 0.5) is 10.8 Å². The van der Waals surface area contributed by atoms with E-state index < -0.39 is 0 Å². The van der Waals surface area contributed by atoms with Crippen LogP contribution in [0.15, 0.2) is 29.0 Å². The molecule has 0 saturated heterocycles. The van der Waals surface area contributed by atoms with Crippen LogP contribution < -0.4 is 10.6 Å². The van der Waals surface area contributed by atoms with Gasteiger partial charge in [0.25, 0.3) is 0 Å². The molecule has 7 nitrogen and oxygen atoms in total. The summed E-state index contributed by atoms with van der Waals surface area (Å²) in [5.74, 6) is -0.136. The van der Waals surface area contributed by atoms with E-state index in [4.69, 9.17) is 4.52 Å². The highest BCUT2D eigenvalue weighted by molar-refractivity contribution is 7.18. The van der Waals surface area contributed by atoms with Crippen LogP contribution in [0.3, 0.4) is 0 Å². The van der Waals surface area contributed by atoms with Crippen molar-refractivity contribution in [2.75, 3.05) is 17.2 Å². The second-order valence-electron chi connectivity index (χ2n) is 5.47. The van der Waals surface area contributed by atoms with Crippen molar-refractivity contribution in [3.05, 3.63) is 41.2 Å². The number of amides is 1. The molecule has 2 aromatic heterocycles. The van der Waals surface area contributed by atoms with Crippen molar-refractivity contribution in [1.82, 2.24) is 15.4 Å². The van der Waals surface area contributed by atoms with E-state index in [1.807, 2.05) is 32.9 Å². The molecule has 0 aliphatic rings. The van der Waals surface area contributed by atoms with E-state index in [1.165, 1.54) is 23.2 Å². The molecule has 24 heavy (non-hydrogen) atoms. The summed E-state index contributed by atoms with van der Waals surface area (Å²) in [6, 6.07) is 5.80. The molecule has 8 heteroatoms. The maximum absolute atomic E-state index is 12.2. The van der Waals surface area contributed by atoms with Gasteiger partial charge in [0.05, 0.1) is 6.54 Å². The Morgan fingerprint density at radius 2 is 1.96 bits per heavy atom. The van der Waals surface area contributed by atoms with Crippen LogP contribution in [0, 0.1) is 20.8 Å². The Morgan fingerprint density at radius 1 is 1.21 bits per heavy atom. The summed E-state index contributed by atoms with van der Waals surface area (Å²) >= 11 is 1.31. The van der Waals surface area contributed by atoms with Gasteiger partial charge < -0.3 is 15.2 Å². The summed E-state index contributed by atoms with van der Waals surface area (Å²) in [7, 11) is 0. The zero-order valence-corrected chi connectivity index (χ0v) is 14.4. The highest BCUT2D eigenvalue weighted by atomic mass is 32.1. The van der Waals surface area contributed by atoms with E-state index >= 15 is 0 Å². The van der Waals surface area contributed by atoms with Gasteiger partial charge in [0.1, 0.15) is 12.0 Å². The average molecular weight is 343 g/mol. The summed E-state index contributed by atoms with van der Waals surface area (Å²) in [4.78, 5) is 12.2. The van der Waals surface area contributed by atoms with E-state index in [1.54, 1.807) is 6.07 Å². The van der Waals surface area contributed by atoms with Crippen LogP contribution >= 0.6 is 11.3 Å². The molecule has 124 valence electrons. The van der Waals surface area contributed by atoms with Gasteiger partial charge in [-0.1, -0.05) is 34.2 Å². The van der Waals surface area contributed by atoms with Gasteiger partial charge in [-0.15, -0.1) is 10.2 Å². The molecule has 0 spiro atoms. The molecular weight excluding hydrogens is 326 g/mol. The number of carbonyl (C=O) groups is 1. The lowest BCUT2D eigenvalue weighted by Crippen LogP contribution is -2.22. The Morgan fingerprint density at radius 3 is 2.62 bits per heavy atom. The molecule has 2 heterocycles. The summed E-state index contributed by atoms with van der Waals surface area (Å²) in [6.45, 7) is 6.12. The highest BCUT2D eigenvalue weighted by Crippen LogP contribution is 2.25. The minimum absolute atomic E-state index is 0.111. The fourth-order valence-electron chi connectivity index (χ4n) is 2.44. The monoisotopic (exact) mass is 343 g/mol. The van der Waals surface area contributed by atoms with Crippen molar-refractivity contribution in [1.29, 1.82) is 0 Å². The first-order valence-electron chi connectivity index (χ1n) is 7.39. The second kappa shape index (κ2) is 6.79. The summed E-state index contributed by atoms with van der Waals surface area (Å²) in [5.41, 5.74) is 4.74. The lowest BCUT2D eigenvalue weighted by molar-refractivity contribution is -0.114. The zero-order valence-electron chi connectivity index (χ0n) is 13.6. The van der Waals surface area contributed by atoms with E-state index in [2.05, 4.69) is 26.0 Å². The molecule has 0 aliphatic carbocycles. The number of nitrogens with one attached hydrogen (secondary N) is 2. The number of nitrogens with zero attached hydrogens (tertiary/aromatic N) is 3. The lowest BCUT2D eigenvalue weighted by Gasteiger charge is -2.12. The Hall–Kier alpha value is -2.74. The van der Waals surface area contributed by atoms with Crippen molar-refractivity contribution in [3.63, 3.8) is 0 Å². The van der Waals surface area contributed by atoms with Gasteiger partial charge >= 0.3 is 0 Å². The zero-order chi connectivity index (χ0) is 17.1. The van der Waals surface area contributed by atoms with Crippen LogP contribution in [-0.2, 0) is 4.79 Å². The maximum atomic E-state index is 12.2. The smallest absolute Gasteiger partial charge is 0.243 e. The number of hydrogen-bond acceptors (Lipinski definition) is 7. The Labute approximate surface area is 143 Å². The molecule has 0 radical (unpaired) electrons. The first kappa shape index (κ1) is 16.1. The van der Waals surface area contributed by atoms with E-state index in [-0.39, 0.29) is 12.5 Å². The normalized spacial score (nSPS) is 10.6. The van der Waals surface area contributed by atoms with Gasteiger partial charge in [0, 0.05) is 11.8 Å². The summed E-state index contributed by atoms with van der Waals surface area (Å²) in [5, 5.41) is 18.9. The first-order chi connectivity index (χ1) is 11.5. The quantitative estimate of drug-likeness (QED) is 0.739. The van der Waals surface area contributed by atoms with Crippen molar-refractivity contribution in [2.45, 2.75) is 20.8 Å². The highest BCUT2D eigenvalue weighted by Gasteiger charge is 2.11. The minimum Gasteiger partial charge on any atom is -0.364 e. The number of carbonyl (C=O) groups excluding carboxylic acids is 1. The third kappa shape index (κ3) is 3.60. The molecule has 3 rings (SSSR count). The summed E-state index contributed by atoms with van der Waals surface area (Å²) < 4.78 is 4.78. The SMILES string of the molecule is Cc1cc(C)c(NC(=O)CNc2nnc(-c3ccon3)s2)c(C)c1. The molecule has 0 saturated carbocycles. The molecule has 0 bridgehead atoms. The van der Waals surface area contributed by atoms with Gasteiger partial charge in [-0.05, 0) is 31.9 Å². The Kier molecular flexibility index (Phi) is 4.57. The lowest BCUT2D eigenvalue weighted by atomic mass is 10.1. The number of hydrogen-bond donors (Lipinski definition) is 2. The number of benzene rings is 1. The van der Waals surface area contributed by atoms with Crippen LogP contribution in [0.25, 0.3) is 10.7 Å². The molecule has 1 aromatic carbocycles. The third-order valence-electron chi connectivity index (χ3n) is 3.42. The van der Waals surface area contributed by atoms with Crippen LogP contribution in [0.1, 0.15) is 16.7 Å². The van der Waals surface area contributed by atoms with Gasteiger partial charge in [0.15, 0.2) is 5.01 Å². The fourth-order valence-corrected chi connectivity index (χ4v) is 3.14. The third-order valence-corrected chi connectivity index (χ3v) is 4.33. The second-order valence-corrected chi connectivity index (χ2v) is 6.45. The van der Waals surface area contributed by atoms with Crippen LogP contribution in [0.5, 0.6) is 0 Å². The molecule has 0 fully saturated rings. The molecule has 1 amide bonds.